The number of nitrogens with two attached hydrogens (primary N) is 2. The van der Waals surface area contributed by atoms with Crippen molar-refractivity contribution in [3.8, 4) is 0 Å². The number of aliphatic hydroxyl groups is 4. The van der Waals surface area contributed by atoms with Crippen LogP contribution in [-0.4, -0.2) is 109 Å². The smallest absolute Gasteiger partial charge is 0.280 e. The largest absolute Gasteiger partial charge is 0.394 e. The average Bonchev–Trinajstić information content (AvgIpc) is 3.77. The van der Waals surface area contributed by atoms with Crippen molar-refractivity contribution in [1.82, 2.24) is 39.0 Å². The van der Waals surface area contributed by atoms with Crippen LogP contribution in [-0.2, 0) is 9.47 Å². The van der Waals surface area contributed by atoms with Crippen molar-refractivity contribution in [3.05, 3.63) is 53.8 Å². The van der Waals surface area contributed by atoms with Gasteiger partial charge < -0.3 is 52.0 Å². The number of nitrogens with one attached hydrogen (secondary N) is 4. The van der Waals surface area contributed by atoms with Crippen LogP contribution in [0.2, 0.25) is 0 Å². The number of aliphatic hydroxyl groups excluding tert-OH is 4. The van der Waals surface area contributed by atoms with Crippen LogP contribution in [0.4, 0.5) is 23.3 Å². The Kier molecular flexibility index (Phi) is 6.84. The highest BCUT2D eigenvalue weighted by Gasteiger charge is 2.47. The van der Waals surface area contributed by atoms with Gasteiger partial charge in [-0.2, -0.15) is 9.97 Å². The Hall–Kier alpha value is -5.26. The van der Waals surface area contributed by atoms with Crippen LogP contribution in [0.15, 0.2) is 31.8 Å². The first kappa shape index (κ1) is 29.5. The summed E-state index contributed by atoms with van der Waals surface area (Å²) in [5, 5.41) is 48.0. The van der Waals surface area contributed by atoms with E-state index in [2.05, 4.69) is 40.5 Å². The summed E-state index contributed by atoms with van der Waals surface area (Å²) in [7, 11) is 0. The number of aromatic amines is 2. The van der Waals surface area contributed by atoms with Gasteiger partial charge in [-0.25, -0.2) is 9.97 Å². The summed E-state index contributed by atoms with van der Waals surface area (Å²) < 4.78 is 14.1. The second-order valence-electron chi connectivity index (χ2n) is 10.8. The Bertz CT molecular complexity index is 2170. The van der Waals surface area contributed by atoms with Crippen molar-refractivity contribution in [1.29, 1.82) is 0 Å². The molecule has 12 N–H and O–H groups in total. The van der Waals surface area contributed by atoms with Crippen molar-refractivity contribution < 1.29 is 29.9 Å². The molecule has 2 saturated heterocycles. The Labute approximate surface area is 253 Å². The molecule has 1 aromatic carbocycles. The number of nitrogen functional groups attached to an aromatic ring is 2. The van der Waals surface area contributed by atoms with Gasteiger partial charge in [-0.1, -0.05) is 0 Å². The van der Waals surface area contributed by atoms with Gasteiger partial charge in [-0.05, 0) is 0 Å². The van der Waals surface area contributed by atoms with Crippen LogP contribution >= 0.6 is 0 Å². The minimum atomic E-state index is -1.51. The molecule has 4 aromatic heterocycles. The topological polar surface area (TPSA) is 337 Å². The van der Waals surface area contributed by atoms with Crippen LogP contribution in [0.3, 0.4) is 0 Å². The first-order valence-corrected chi connectivity index (χ1v) is 13.7. The Morgan fingerprint density at radius 2 is 1.30 bits per heavy atom. The van der Waals surface area contributed by atoms with Crippen LogP contribution < -0.4 is 44.1 Å². The zero-order valence-electron chi connectivity index (χ0n) is 23.3. The highest BCUT2D eigenvalue weighted by Crippen LogP contribution is 2.34. The SMILES string of the molecule is Nc1nc2c(ncn2[C@@H]2O[C@H](CNc3c(NC4[C@@H](CO)O[C@@H](n5cnc6c(=O)[nH]c(N)nc65)[C@H]4O)c(=O)c3=O)C(O)[C@@H]2O)c(=O)[nH]1. The average molecular weight is 643 g/mol. The standard InChI is InChI=1S/C24H26N12O10/c25-23-31-17-10(19(43)33-23)28-3-35(17)21-15(41)7(6(2-37)46-21)30-9-8(13(39)14(9)40)27-1-5-12(38)16(42)22(45-5)36-4-29-11-18(36)32-24(26)34-20(11)44/h3-7,12,15-16,21-22,27,30,37-38,41-42H,1-2H2,(H3,25,31,33,43)(H3,26,32,34,44)/t5-,6-,7?,12?,15+,16+,21-,22-/m1/s1. The molecule has 0 saturated carbocycles. The third-order valence-corrected chi connectivity index (χ3v) is 8.04. The number of aromatic nitrogens is 8. The minimum Gasteiger partial charge on any atom is -0.394 e. The van der Waals surface area contributed by atoms with Gasteiger partial charge in [-0.3, -0.25) is 38.3 Å². The van der Waals surface area contributed by atoms with E-state index >= 15 is 0 Å². The van der Waals surface area contributed by atoms with Gasteiger partial charge in [0.15, 0.2) is 34.8 Å². The Morgan fingerprint density at radius 1 is 0.783 bits per heavy atom. The zero-order valence-corrected chi connectivity index (χ0v) is 23.3. The molecule has 2 aliphatic rings. The summed E-state index contributed by atoms with van der Waals surface area (Å²) in [6, 6.07) is -1.13. The summed E-state index contributed by atoms with van der Waals surface area (Å²) in [6.45, 7) is -0.877. The predicted molar refractivity (Wildman–Crippen MR) is 155 cm³/mol. The molecule has 5 aromatic rings. The molecule has 46 heavy (non-hydrogen) atoms. The van der Waals surface area contributed by atoms with Crippen LogP contribution in [0, 0.1) is 0 Å². The van der Waals surface area contributed by atoms with Gasteiger partial charge in [0.25, 0.3) is 22.0 Å². The molecule has 2 fully saturated rings. The van der Waals surface area contributed by atoms with Gasteiger partial charge in [0, 0.05) is 6.54 Å². The van der Waals surface area contributed by atoms with Crippen molar-refractivity contribution in [2.75, 3.05) is 35.3 Å². The fourth-order valence-corrected chi connectivity index (χ4v) is 5.76. The highest BCUT2D eigenvalue weighted by atomic mass is 16.6. The molecule has 242 valence electrons. The van der Waals surface area contributed by atoms with E-state index in [-0.39, 0.29) is 52.1 Å². The Morgan fingerprint density at radius 3 is 1.87 bits per heavy atom. The quantitative estimate of drug-likeness (QED) is 0.0707. The first-order chi connectivity index (χ1) is 22.0. The van der Waals surface area contributed by atoms with Gasteiger partial charge in [0.2, 0.25) is 11.9 Å². The third kappa shape index (κ3) is 4.42. The molecular weight excluding hydrogens is 616 g/mol. The van der Waals surface area contributed by atoms with Crippen molar-refractivity contribution in [2.24, 2.45) is 0 Å². The van der Waals surface area contributed by atoms with E-state index in [9.17, 15) is 39.6 Å². The molecular formula is C24H26N12O10. The fraction of sp³-hybridized carbons (Fsp3) is 0.417. The van der Waals surface area contributed by atoms with E-state index in [1.807, 2.05) is 0 Å². The molecule has 6 heterocycles. The van der Waals surface area contributed by atoms with Gasteiger partial charge in [0.05, 0.1) is 25.3 Å². The van der Waals surface area contributed by atoms with Gasteiger partial charge in [0.1, 0.15) is 41.9 Å². The lowest BCUT2D eigenvalue weighted by Gasteiger charge is -2.25. The number of ether oxygens (including phenoxy) is 2. The van der Waals surface area contributed by atoms with E-state index < -0.39 is 77.6 Å². The maximum atomic E-state index is 12.6. The van der Waals surface area contributed by atoms with Gasteiger partial charge >= 0.3 is 0 Å². The highest BCUT2D eigenvalue weighted by molar-refractivity contribution is 5.75. The van der Waals surface area contributed by atoms with E-state index in [1.165, 1.54) is 21.8 Å². The maximum Gasteiger partial charge on any atom is 0.280 e. The Balaban J connectivity index is 1.08. The van der Waals surface area contributed by atoms with Crippen molar-refractivity contribution in [2.45, 2.75) is 49.0 Å². The predicted octanol–water partition coefficient (Wildman–Crippen LogP) is -5.22. The second kappa shape index (κ2) is 10.7. The summed E-state index contributed by atoms with van der Waals surface area (Å²) in [5.74, 6) is -0.405. The number of fused-ring (bicyclic) bond motifs is 2. The number of H-pyrrole nitrogens is 2. The number of nitrogens with zero attached hydrogens (tertiary/aromatic N) is 6. The molecule has 22 nitrogen and oxygen atoms in total. The van der Waals surface area contributed by atoms with E-state index in [1.54, 1.807) is 0 Å². The van der Waals surface area contributed by atoms with Crippen LogP contribution in [0.25, 0.3) is 22.3 Å². The number of hydrogen-bond acceptors (Lipinski definition) is 18. The molecule has 7 rings (SSSR count). The van der Waals surface area contributed by atoms with Crippen molar-refractivity contribution >= 4 is 45.6 Å². The number of hydrogen-bond donors (Lipinski definition) is 10. The summed E-state index contributed by atoms with van der Waals surface area (Å²) in [4.78, 5) is 70.0. The van der Waals surface area contributed by atoms with Crippen LogP contribution in [0.1, 0.15) is 12.5 Å². The number of rotatable bonds is 8. The summed E-state index contributed by atoms with van der Waals surface area (Å²) in [5.41, 5.74) is 7.65. The first-order valence-electron chi connectivity index (χ1n) is 13.7. The number of anilines is 4. The molecule has 0 aliphatic carbocycles. The lowest BCUT2D eigenvalue weighted by atomic mass is 10.0. The summed E-state index contributed by atoms with van der Waals surface area (Å²) >= 11 is 0. The third-order valence-electron chi connectivity index (χ3n) is 8.04. The van der Waals surface area contributed by atoms with E-state index in [0.717, 1.165) is 0 Å². The molecule has 0 spiro atoms. The monoisotopic (exact) mass is 642 g/mol. The molecule has 22 heteroatoms. The molecule has 8 atom stereocenters. The molecule has 2 aliphatic heterocycles. The lowest BCUT2D eigenvalue weighted by molar-refractivity contribution is -0.0487. The minimum absolute atomic E-state index is 0.00361. The van der Waals surface area contributed by atoms with E-state index in [4.69, 9.17) is 20.9 Å². The van der Waals surface area contributed by atoms with Crippen LogP contribution in [0.5, 0.6) is 0 Å². The van der Waals surface area contributed by atoms with Gasteiger partial charge in [-0.15, -0.1) is 0 Å². The fourth-order valence-electron chi connectivity index (χ4n) is 5.76. The molecule has 0 radical (unpaired) electrons. The second-order valence-corrected chi connectivity index (χ2v) is 10.8. The molecule has 0 bridgehead atoms. The maximum absolute atomic E-state index is 12.6. The normalized spacial score (nSPS) is 28.1. The lowest BCUT2D eigenvalue weighted by Crippen LogP contribution is -2.46. The van der Waals surface area contributed by atoms with E-state index in [0.29, 0.717) is 0 Å². The molecule has 0 amide bonds. The van der Waals surface area contributed by atoms with Crippen molar-refractivity contribution in [3.63, 3.8) is 0 Å². The summed E-state index contributed by atoms with van der Waals surface area (Å²) in [6.07, 6.45) is -6.74. The molecule has 2 unspecified atom stereocenters. The number of imidazole rings is 2. The zero-order chi connectivity index (χ0) is 32.6.